The topological polar surface area (TPSA) is 0 Å². The van der Waals surface area contributed by atoms with Crippen LogP contribution in [0.2, 0.25) is 0 Å². The van der Waals surface area contributed by atoms with Gasteiger partial charge in [-0.3, -0.25) is 0 Å². The van der Waals surface area contributed by atoms with Gasteiger partial charge in [0.15, 0.2) is 0 Å². The van der Waals surface area contributed by atoms with Crippen LogP contribution in [-0.4, -0.2) is 12.0 Å². The minimum absolute atomic E-state index is 0.436. The summed E-state index contributed by atoms with van der Waals surface area (Å²) in [6.07, 6.45) is 4.88. The van der Waals surface area contributed by atoms with Crippen molar-refractivity contribution >= 4 is 11.8 Å². The molecule has 0 rings (SSSR count). The summed E-state index contributed by atoms with van der Waals surface area (Å²) in [5, 5.41) is 0. The zero-order valence-electron chi connectivity index (χ0n) is 9.53. The van der Waals surface area contributed by atoms with Gasteiger partial charge in [0.1, 0.15) is 0 Å². The molecule has 12 heavy (non-hydrogen) atoms. The van der Waals surface area contributed by atoms with Crippen LogP contribution >= 0.6 is 11.8 Å². The lowest BCUT2D eigenvalue weighted by Gasteiger charge is -2.39. The Morgan fingerprint density at radius 3 is 1.83 bits per heavy atom. The molecule has 0 amide bonds. The van der Waals surface area contributed by atoms with Gasteiger partial charge in [-0.1, -0.05) is 34.6 Å². The Balaban J connectivity index is 3.88. The second-order valence-electron chi connectivity index (χ2n) is 5.23. The van der Waals surface area contributed by atoms with E-state index < -0.39 is 0 Å². The molecular formula is C11H24S. The normalized spacial score (nSPS) is 13.5. The van der Waals surface area contributed by atoms with Gasteiger partial charge in [0.05, 0.1) is 0 Å². The van der Waals surface area contributed by atoms with Gasteiger partial charge < -0.3 is 0 Å². The summed E-state index contributed by atoms with van der Waals surface area (Å²) in [5.74, 6) is 1.31. The van der Waals surface area contributed by atoms with Crippen molar-refractivity contribution in [2.24, 2.45) is 10.8 Å². The van der Waals surface area contributed by atoms with E-state index in [1.54, 1.807) is 0 Å². The van der Waals surface area contributed by atoms with E-state index in [9.17, 15) is 0 Å². The van der Waals surface area contributed by atoms with Crippen LogP contribution in [0, 0.1) is 10.8 Å². The van der Waals surface area contributed by atoms with Gasteiger partial charge in [-0.05, 0) is 35.7 Å². The molecule has 0 radical (unpaired) electrons. The Labute approximate surface area is 82.5 Å². The molecule has 0 heterocycles. The van der Waals surface area contributed by atoms with Crippen LogP contribution in [0.15, 0.2) is 0 Å². The summed E-state index contributed by atoms with van der Waals surface area (Å²) in [5.41, 5.74) is 0.911. The Morgan fingerprint density at radius 2 is 1.50 bits per heavy atom. The Bertz CT molecular complexity index is 119. The molecule has 0 aromatic rings. The zero-order valence-corrected chi connectivity index (χ0v) is 10.3. The lowest BCUT2D eigenvalue weighted by atomic mass is 9.67. The molecule has 0 aliphatic carbocycles. The van der Waals surface area contributed by atoms with Crippen molar-refractivity contribution in [3.8, 4) is 0 Å². The average molecular weight is 188 g/mol. The molecule has 0 aromatic carbocycles. The van der Waals surface area contributed by atoms with Crippen LogP contribution in [0.1, 0.15) is 47.5 Å². The highest BCUT2D eigenvalue weighted by molar-refractivity contribution is 7.98. The quantitative estimate of drug-likeness (QED) is 0.596. The van der Waals surface area contributed by atoms with E-state index in [2.05, 4.69) is 40.9 Å². The van der Waals surface area contributed by atoms with E-state index in [0.29, 0.717) is 10.8 Å². The van der Waals surface area contributed by atoms with E-state index in [0.717, 1.165) is 0 Å². The molecule has 0 spiro atoms. The number of thioether (sulfide) groups is 1. The van der Waals surface area contributed by atoms with Crippen LogP contribution in [0.3, 0.4) is 0 Å². The summed E-state index contributed by atoms with van der Waals surface area (Å²) < 4.78 is 0. The second-order valence-corrected chi connectivity index (χ2v) is 6.22. The third-order valence-corrected chi connectivity index (χ3v) is 3.88. The molecule has 0 bridgehead atoms. The van der Waals surface area contributed by atoms with E-state index in [-0.39, 0.29) is 0 Å². The summed E-state index contributed by atoms with van der Waals surface area (Å²) in [6, 6.07) is 0. The number of rotatable bonds is 4. The number of hydrogen-bond donors (Lipinski definition) is 0. The van der Waals surface area contributed by atoms with Crippen molar-refractivity contribution in [1.82, 2.24) is 0 Å². The fraction of sp³-hybridized carbons (Fsp3) is 1.00. The van der Waals surface area contributed by atoms with Crippen LogP contribution in [0.5, 0.6) is 0 Å². The molecule has 0 saturated heterocycles. The first-order valence-corrected chi connectivity index (χ1v) is 6.19. The maximum absolute atomic E-state index is 2.38. The van der Waals surface area contributed by atoms with Crippen molar-refractivity contribution in [3.05, 3.63) is 0 Å². The Hall–Kier alpha value is 0.350. The van der Waals surface area contributed by atoms with E-state index >= 15 is 0 Å². The van der Waals surface area contributed by atoms with Gasteiger partial charge >= 0.3 is 0 Å². The standard InChI is InChI=1S/C11H24S/c1-10(2,3)11(4,5)8-7-9-12-6/h7-9H2,1-6H3. The molecule has 0 aliphatic heterocycles. The van der Waals surface area contributed by atoms with Crippen LogP contribution < -0.4 is 0 Å². The van der Waals surface area contributed by atoms with Crippen molar-refractivity contribution in [1.29, 1.82) is 0 Å². The highest BCUT2D eigenvalue weighted by Gasteiger charge is 2.31. The van der Waals surface area contributed by atoms with Crippen LogP contribution in [0.25, 0.3) is 0 Å². The molecular weight excluding hydrogens is 164 g/mol. The first-order valence-electron chi connectivity index (χ1n) is 4.80. The predicted octanol–water partition coefficient (Wildman–Crippen LogP) is 4.20. The lowest BCUT2D eigenvalue weighted by molar-refractivity contribution is 0.119. The molecule has 0 nitrogen and oxygen atoms in total. The van der Waals surface area contributed by atoms with Gasteiger partial charge in [-0.25, -0.2) is 0 Å². The largest absolute Gasteiger partial charge is 0.165 e. The lowest BCUT2D eigenvalue weighted by Crippen LogP contribution is -2.29. The van der Waals surface area contributed by atoms with Crippen molar-refractivity contribution in [2.75, 3.05) is 12.0 Å². The Kier molecular flexibility index (Phi) is 4.68. The maximum Gasteiger partial charge on any atom is -0.00701 e. The van der Waals surface area contributed by atoms with Gasteiger partial charge in [0.25, 0.3) is 0 Å². The maximum atomic E-state index is 2.38. The zero-order chi connectivity index (χ0) is 9.83. The molecule has 0 fully saturated rings. The minimum atomic E-state index is 0.436. The van der Waals surface area contributed by atoms with Gasteiger partial charge in [0.2, 0.25) is 0 Å². The first-order chi connectivity index (χ1) is 5.31. The third-order valence-electron chi connectivity index (χ3n) is 3.18. The van der Waals surface area contributed by atoms with Crippen molar-refractivity contribution in [3.63, 3.8) is 0 Å². The SMILES string of the molecule is CSCCCC(C)(C)C(C)(C)C. The highest BCUT2D eigenvalue weighted by Crippen LogP contribution is 2.41. The van der Waals surface area contributed by atoms with Gasteiger partial charge in [-0.2, -0.15) is 11.8 Å². The molecule has 0 aromatic heterocycles. The monoisotopic (exact) mass is 188 g/mol. The number of hydrogen-bond acceptors (Lipinski definition) is 1. The third kappa shape index (κ3) is 3.84. The Morgan fingerprint density at radius 1 is 1.00 bits per heavy atom. The summed E-state index contributed by atoms with van der Waals surface area (Å²) >= 11 is 1.95. The van der Waals surface area contributed by atoms with Crippen LogP contribution in [0.4, 0.5) is 0 Å². The van der Waals surface area contributed by atoms with E-state index in [1.165, 1.54) is 18.6 Å². The average Bonchev–Trinajstić information content (AvgIpc) is 1.85. The molecule has 1 heteroatoms. The van der Waals surface area contributed by atoms with E-state index in [4.69, 9.17) is 0 Å². The van der Waals surface area contributed by atoms with Crippen LogP contribution in [-0.2, 0) is 0 Å². The highest BCUT2D eigenvalue weighted by atomic mass is 32.2. The van der Waals surface area contributed by atoms with E-state index in [1.807, 2.05) is 11.8 Å². The molecule has 74 valence electrons. The predicted molar refractivity (Wildman–Crippen MR) is 60.9 cm³/mol. The molecule has 0 unspecified atom stereocenters. The first kappa shape index (κ1) is 12.3. The fourth-order valence-electron chi connectivity index (χ4n) is 1.03. The summed E-state index contributed by atoms with van der Waals surface area (Å²) in [4.78, 5) is 0. The van der Waals surface area contributed by atoms with Gasteiger partial charge in [0, 0.05) is 0 Å². The second kappa shape index (κ2) is 4.55. The molecule has 0 saturated carbocycles. The van der Waals surface area contributed by atoms with Crippen molar-refractivity contribution in [2.45, 2.75) is 47.5 Å². The molecule has 0 aliphatic rings. The smallest absolute Gasteiger partial charge is 0.00701 e. The summed E-state index contributed by atoms with van der Waals surface area (Å²) in [7, 11) is 0. The fourth-order valence-corrected chi connectivity index (χ4v) is 1.47. The molecule has 0 N–H and O–H groups in total. The molecule has 0 atom stereocenters. The minimum Gasteiger partial charge on any atom is -0.165 e. The van der Waals surface area contributed by atoms with Crippen molar-refractivity contribution < 1.29 is 0 Å². The summed E-state index contributed by atoms with van der Waals surface area (Å²) in [6.45, 7) is 11.8. The van der Waals surface area contributed by atoms with Gasteiger partial charge in [-0.15, -0.1) is 0 Å².